The number of benzene rings is 2. The Bertz CT molecular complexity index is 534. The molecule has 0 fully saturated rings. The van der Waals surface area contributed by atoms with E-state index in [0.29, 0.717) is 17.4 Å². The predicted octanol–water partition coefficient (Wildman–Crippen LogP) is 4.01. The lowest BCUT2D eigenvalue weighted by atomic mass is 9.92. The van der Waals surface area contributed by atoms with Crippen LogP contribution in [0.4, 0.5) is 8.78 Å². The third-order valence-electron chi connectivity index (χ3n) is 3.03. The standard InChI is InChI=1S/C15H14BrF2N/c16-13-6-10(7-15(18)8-13)5-12(9-19)11-1-3-14(17)4-2-11/h1-4,6-8,12H,5,9,19H2. The lowest BCUT2D eigenvalue weighted by molar-refractivity contribution is 0.617. The second-order valence-corrected chi connectivity index (χ2v) is 5.38. The number of hydrogen-bond donors (Lipinski definition) is 1. The van der Waals surface area contributed by atoms with E-state index < -0.39 is 0 Å². The molecule has 0 aliphatic heterocycles. The molecule has 4 heteroatoms. The minimum Gasteiger partial charge on any atom is -0.330 e. The fraction of sp³-hybridized carbons (Fsp3) is 0.200. The van der Waals surface area contributed by atoms with Gasteiger partial charge in [-0.05, 0) is 54.4 Å². The topological polar surface area (TPSA) is 26.0 Å². The van der Waals surface area contributed by atoms with Crippen molar-refractivity contribution in [2.45, 2.75) is 12.3 Å². The zero-order valence-corrected chi connectivity index (χ0v) is 11.8. The largest absolute Gasteiger partial charge is 0.330 e. The molecule has 0 aromatic heterocycles. The quantitative estimate of drug-likeness (QED) is 0.903. The first-order chi connectivity index (χ1) is 9.08. The Labute approximate surface area is 119 Å². The lowest BCUT2D eigenvalue weighted by Gasteiger charge is -2.15. The van der Waals surface area contributed by atoms with Crippen LogP contribution in [0, 0.1) is 11.6 Å². The molecule has 0 amide bonds. The first-order valence-electron chi connectivity index (χ1n) is 5.99. The van der Waals surface area contributed by atoms with E-state index in [4.69, 9.17) is 5.73 Å². The van der Waals surface area contributed by atoms with E-state index in [2.05, 4.69) is 15.9 Å². The highest BCUT2D eigenvalue weighted by Gasteiger charge is 2.12. The average molecular weight is 326 g/mol. The highest BCUT2D eigenvalue weighted by Crippen LogP contribution is 2.23. The third kappa shape index (κ3) is 3.85. The van der Waals surface area contributed by atoms with Crippen molar-refractivity contribution in [1.29, 1.82) is 0 Å². The summed E-state index contributed by atoms with van der Waals surface area (Å²) in [6.45, 7) is 0.430. The molecule has 0 saturated heterocycles. The van der Waals surface area contributed by atoms with Gasteiger partial charge in [0.25, 0.3) is 0 Å². The van der Waals surface area contributed by atoms with Crippen LogP contribution in [0.3, 0.4) is 0 Å². The van der Waals surface area contributed by atoms with Gasteiger partial charge in [0.1, 0.15) is 11.6 Å². The summed E-state index contributed by atoms with van der Waals surface area (Å²) in [7, 11) is 0. The van der Waals surface area contributed by atoms with Crippen molar-refractivity contribution < 1.29 is 8.78 Å². The van der Waals surface area contributed by atoms with Crippen LogP contribution >= 0.6 is 15.9 Å². The van der Waals surface area contributed by atoms with Crippen LogP contribution in [0.2, 0.25) is 0 Å². The maximum atomic E-state index is 13.3. The molecule has 1 unspecified atom stereocenters. The van der Waals surface area contributed by atoms with Crippen molar-refractivity contribution in [3.05, 3.63) is 69.7 Å². The Morgan fingerprint density at radius 2 is 1.68 bits per heavy atom. The molecule has 0 spiro atoms. The monoisotopic (exact) mass is 325 g/mol. The SMILES string of the molecule is NCC(Cc1cc(F)cc(Br)c1)c1ccc(F)cc1. The van der Waals surface area contributed by atoms with Gasteiger partial charge in [0.15, 0.2) is 0 Å². The molecule has 0 heterocycles. The molecular formula is C15H14BrF2N. The highest BCUT2D eigenvalue weighted by atomic mass is 79.9. The predicted molar refractivity (Wildman–Crippen MR) is 76.0 cm³/mol. The van der Waals surface area contributed by atoms with Crippen LogP contribution in [0.25, 0.3) is 0 Å². The van der Waals surface area contributed by atoms with Crippen molar-refractivity contribution in [2.24, 2.45) is 5.73 Å². The molecule has 100 valence electrons. The van der Waals surface area contributed by atoms with Gasteiger partial charge in [0, 0.05) is 10.4 Å². The molecule has 2 rings (SSSR count). The number of nitrogens with two attached hydrogens (primary N) is 1. The summed E-state index contributed by atoms with van der Waals surface area (Å²) in [5, 5.41) is 0. The Morgan fingerprint density at radius 1 is 1.00 bits per heavy atom. The van der Waals surface area contributed by atoms with Crippen LogP contribution in [0.15, 0.2) is 46.9 Å². The zero-order valence-electron chi connectivity index (χ0n) is 10.2. The van der Waals surface area contributed by atoms with Crippen molar-refractivity contribution in [2.75, 3.05) is 6.54 Å². The Balaban J connectivity index is 2.21. The van der Waals surface area contributed by atoms with Crippen molar-refractivity contribution >= 4 is 15.9 Å². The van der Waals surface area contributed by atoms with Crippen LogP contribution < -0.4 is 5.73 Å². The van der Waals surface area contributed by atoms with E-state index in [1.54, 1.807) is 12.1 Å². The summed E-state index contributed by atoms with van der Waals surface area (Å²) >= 11 is 3.27. The molecule has 0 saturated carbocycles. The van der Waals surface area contributed by atoms with Crippen LogP contribution in [-0.4, -0.2) is 6.54 Å². The molecule has 1 atom stereocenters. The van der Waals surface area contributed by atoms with Crippen LogP contribution in [0.5, 0.6) is 0 Å². The van der Waals surface area contributed by atoms with Gasteiger partial charge in [-0.1, -0.05) is 28.1 Å². The second-order valence-electron chi connectivity index (χ2n) is 4.47. The molecule has 1 nitrogen and oxygen atoms in total. The molecule has 2 aromatic carbocycles. The molecule has 2 N–H and O–H groups in total. The smallest absolute Gasteiger partial charge is 0.124 e. The Hall–Kier alpha value is -1.26. The minimum absolute atomic E-state index is 0.0503. The summed E-state index contributed by atoms with van der Waals surface area (Å²) in [4.78, 5) is 0. The lowest BCUT2D eigenvalue weighted by Crippen LogP contribution is -2.15. The van der Waals surface area contributed by atoms with Crippen LogP contribution in [0.1, 0.15) is 17.0 Å². The van der Waals surface area contributed by atoms with E-state index in [-0.39, 0.29) is 17.6 Å². The number of hydrogen-bond acceptors (Lipinski definition) is 1. The van der Waals surface area contributed by atoms with Crippen LogP contribution in [-0.2, 0) is 6.42 Å². The van der Waals surface area contributed by atoms with Crippen molar-refractivity contribution in [3.8, 4) is 0 Å². The summed E-state index contributed by atoms with van der Waals surface area (Å²) in [5.74, 6) is -0.499. The summed E-state index contributed by atoms with van der Waals surface area (Å²) in [5.41, 5.74) is 7.60. The Kier molecular flexibility index (Phi) is 4.66. The number of rotatable bonds is 4. The normalized spacial score (nSPS) is 12.4. The van der Waals surface area contributed by atoms with Gasteiger partial charge in [-0.2, -0.15) is 0 Å². The molecular weight excluding hydrogens is 312 g/mol. The van der Waals surface area contributed by atoms with Crippen molar-refractivity contribution in [3.63, 3.8) is 0 Å². The first kappa shape index (κ1) is 14.2. The fourth-order valence-electron chi connectivity index (χ4n) is 2.09. The van der Waals surface area contributed by atoms with Gasteiger partial charge in [0.2, 0.25) is 0 Å². The van der Waals surface area contributed by atoms with E-state index in [1.807, 2.05) is 6.07 Å². The first-order valence-corrected chi connectivity index (χ1v) is 6.78. The van der Waals surface area contributed by atoms with Gasteiger partial charge in [-0.3, -0.25) is 0 Å². The van der Waals surface area contributed by atoms with Crippen molar-refractivity contribution in [1.82, 2.24) is 0 Å². The molecule has 2 aromatic rings. The summed E-state index contributed by atoms with van der Waals surface area (Å²) in [6.07, 6.45) is 0.624. The zero-order chi connectivity index (χ0) is 13.8. The van der Waals surface area contributed by atoms with E-state index in [1.165, 1.54) is 24.3 Å². The third-order valence-corrected chi connectivity index (χ3v) is 3.49. The van der Waals surface area contributed by atoms with E-state index >= 15 is 0 Å². The molecule has 19 heavy (non-hydrogen) atoms. The summed E-state index contributed by atoms with van der Waals surface area (Å²) in [6, 6.07) is 11.1. The average Bonchev–Trinajstić information content (AvgIpc) is 2.36. The molecule has 0 aliphatic carbocycles. The summed E-state index contributed by atoms with van der Waals surface area (Å²) < 4.78 is 26.9. The van der Waals surface area contributed by atoms with Gasteiger partial charge in [-0.25, -0.2) is 8.78 Å². The van der Waals surface area contributed by atoms with Gasteiger partial charge in [-0.15, -0.1) is 0 Å². The van der Waals surface area contributed by atoms with Gasteiger partial charge >= 0.3 is 0 Å². The number of halogens is 3. The Morgan fingerprint density at radius 3 is 2.26 bits per heavy atom. The van der Waals surface area contributed by atoms with Gasteiger partial charge in [0.05, 0.1) is 0 Å². The molecule has 0 aliphatic rings. The van der Waals surface area contributed by atoms with Gasteiger partial charge < -0.3 is 5.73 Å². The fourth-order valence-corrected chi connectivity index (χ4v) is 2.60. The van der Waals surface area contributed by atoms with E-state index in [0.717, 1.165) is 11.1 Å². The minimum atomic E-state index is -0.278. The van der Waals surface area contributed by atoms with E-state index in [9.17, 15) is 8.78 Å². The maximum absolute atomic E-state index is 13.3. The highest BCUT2D eigenvalue weighted by molar-refractivity contribution is 9.10. The maximum Gasteiger partial charge on any atom is 0.124 e. The molecule has 0 radical (unpaired) electrons. The second kappa shape index (κ2) is 6.26. The molecule has 0 bridgehead atoms.